The molecule has 0 N–H and O–H groups in total. The Balaban J connectivity index is 2.43. The second kappa shape index (κ2) is 6.57. The molecule has 86 valence electrons. The molecule has 0 saturated carbocycles. The molecule has 0 aliphatic rings. The van der Waals surface area contributed by atoms with Crippen molar-refractivity contribution in [3.8, 4) is 0 Å². The van der Waals surface area contributed by atoms with E-state index in [1.807, 2.05) is 30.3 Å². The van der Waals surface area contributed by atoms with Crippen LogP contribution in [-0.2, 0) is 9.53 Å². The Kier molecular flexibility index (Phi) is 5.72. The van der Waals surface area contributed by atoms with E-state index >= 15 is 0 Å². The summed E-state index contributed by atoms with van der Waals surface area (Å²) in [5.74, 6) is -0.383. The summed E-state index contributed by atoms with van der Waals surface area (Å²) in [6.07, 6.45) is 3.11. The molecule has 0 aromatic heterocycles. The molecule has 5 heteroatoms. The normalized spacial score (nSPS) is 11.7. The van der Waals surface area contributed by atoms with Crippen LogP contribution in [0.3, 0.4) is 0 Å². The minimum absolute atomic E-state index is 0.185. The largest absolute Gasteiger partial charge is 0.459 e. The first-order valence-corrected chi connectivity index (χ1v) is 6.82. The van der Waals surface area contributed by atoms with Crippen LogP contribution < -0.4 is 0 Å². The van der Waals surface area contributed by atoms with Gasteiger partial charge in [0.05, 0.1) is 0 Å². The average Bonchev–Trinajstić information content (AvgIpc) is 2.24. The van der Waals surface area contributed by atoms with Gasteiger partial charge in [0.1, 0.15) is 6.61 Å². The van der Waals surface area contributed by atoms with E-state index in [1.54, 1.807) is 6.08 Å². The van der Waals surface area contributed by atoms with E-state index in [0.29, 0.717) is 0 Å². The number of halogens is 3. The van der Waals surface area contributed by atoms with Gasteiger partial charge in [0, 0.05) is 6.08 Å². The molecule has 0 fully saturated rings. The number of hydrogen-bond donors (Lipinski definition) is 0. The molecular weight excluding hydrogens is 404 g/mol. The SMILES string of the molecule is O=C(/C=C/c1ccccc1)OCC(Br)(Br)Br. The minimum Gasteiger partial charge on any atom is -0.459 e. The van der Waals surface area contributed by atoms with E-state index in [1.165, 1.54) is 6.08 Å². The number of carbonyl (C=O) groups is 1. The number of hydrogen-bond acceptors (Lipinski definition) is 2. The van der Waals surface area contributed by atoms with Crippen molar-refractivity contribution < 1.29 is 9.53 Å². The fourth-order valence-corrected chi connectivity index (χ4v) is 1.27. The third kappa shape index (κ3) is 6.45. The molecule has 0 saturated heterocycles. The predicted molar refractivity (Wildman–Crippen MR) is 75.9 cm³/mol. The zero-order valence-corrected chi connectivity index (χ0v) is 13.0. The van der Waals surface area contributed by atoms with E-state index in [4.69, 9.17) is 4.74 Å². The maximum atomic E-state index is 11.3. The number of esters is 1. The smallest absolute Gasteiger partial charge is 0.330 e. The van der Waals surface area contributed by atoms with E-state index in [2.05, 4.69) is 47.8 Å². The van der Waals surface area contributed by atoms with Gasteiger partial charge >= 0.3 is 5.97 Å². The summed E-state index contributed by atoms with van der Waals surface area (Å²) in [5, 5.41) is 0. The lowest BCUT2D eigenvalue weighted by molar-refractivity contribution is -0.137. The molecular formula is C11H9Br3O2. The molecule has 1 rings (SSSR count). The topological polar surface area (TPSA) is 26.3 Å². The number of alkyl halides is 3. The minimum atomic E-state index is -0.552. The standard InChI is InChI=1S/C11H9Br3O2/c12-11(13,14)8-16-10(15)7-6-9-4-2-1-3-5-9/h1-7H,8H2/b7-6+. The molecule has 0 amide bonds. The van der Waals surface area contributed by atoms with Crippen molar-refractivity contribution in [1.82, 2.24) is 0 Å². The number of carbonyl (C=O) groups excluding carboxylic acids is 1. The lowest BCUT2D eigenvalue weighted by Crippen LogP contribution is -2.14. The Morgan fingerprint density at radius 2 is 1.88 bits per heavy atom. The first-order valence-electron chi connectivity index (χ1n) is 4.44. The van der Waals surface area contributed by atoms with Crippen molar-refractivity contribution in [1.29, 1.82) is 0 Å². The molecule has 0 aliphatic heterocycles. The van der Waals surface area contributed by atoms with Crippen LogP contribution in [-0.4, -0.2) is 14.7 Å². The van der Waals surface area contributed by atoms with Crippen LogP contribution >= 0.6 is 47.8 Å². The van der Waals surface area contributed by atoms with Gasteiger partial charge in [-0.15, -0.1) is 0 Å². The zero-order valence-electron chi connectivity index (χ0n) is 8.20. The van der Waals surface area contributed by atoms with Gasteiger partial charge in [-0.1, -0.05) is 78.1 Å². The van der Waals surface area contributed by atoms with Crippen LogP contribution in [0.5, 0.6) is 0 Å². The summed E-state index contributed by atoms with van der Waals surface area (Å²) in [6, 6.07) is 9.56. The molecule has 16 heavy (non-hydrogen) atoms. The first-order chi connectivity index (χ1) is 7.47. The maximum absolute atomic E-state index is 11.3. The fourth-order valence-electron chi connectivity index (χ4n) is 0.929. The van der Waals surface area contributed by atoms with Crippen LogP contribution in [0, 0.1) is 0 Å². The van der Waals surface area contributed by atoms with Crippen LogP contribution in [0.1, 0.15) is 5.56 Å². The van der Waals surface area contributed by atoms with Gasteiger partial charge in [-0.25, -0.2) is 4.79 Å². The van der Waals surface area contributed by atoms with Crippen molar-refractivity contribution >= 4 is 59.8 Å². The molecule has 2 nitrogen and oxygen atoms in total. The number of benzene rings is 1. The molecule has 0 atom stereocenters. The van der Waals surface area contributed by atoms with E-state index in [9.17, 15) is 4.79 Å². The van der Waals surface area contributed by atoms with Gasteiger partial charge in [-0.2, -0.15) is 0 Å². The van der Waals surface area contributed by atoms with Crippen LogP contribution in [0.25, 0.3) is 6.08 Å². The fraction of sp³-hybridized carbons (Fsp3) is 0.182. The van der Waals surface area contributed by atoms with Crippen molar-refractivity contribution in [3.05, 3.63) is 42.0 Å². The Bertz CT molecular complexity index is 369. The molecule has 0 radical (unpaired) electrons. The molecule has 1 aromatic carbocycles. The summed E-state index contributed by atoms with van der Waals surface area (Å²) in [4.78, 5) is 11.3. The molecule has 0 unspecified atom stereocenters. The highest BCUT2D eigenvalue weighted by Gasteiger charge is 2.19. The Labute approximate surface area is 119 Å². The number of rotatable bonds is 3. The average molecular weight is 413 g/mol. The van der Waals surface area contributed by atoms with Crippen LogP contribution in [0.4, 0.5) is 0 Å². The molecule has 0 heterocycles. The van der Waals surface area contributed by atoms with Gasteiger partial charge in [-0.05, 0) is 11.6 Å². The van der Waals surface area contributed by atoms with Crippen LogP contribution in [0.2, 0.25) is 0 Å². The predicted octanol–water partition coefficient (Wildman–Crippen LogP) is 4.08. The van der Waals surface area contributed by atoms with Gasteiger partial charge in [-0.3, -0.25) is 0 Å². The Hall–Kier alpha value is -0.130. The first kappa shape index (κ1) is 13.9. The Morgan fingerprint density at radius 1 is 1.25 bits per heavy atom. The van der Waals surface area contributed by atoms with Crippen molar-refractivity contribution in [2.24, 2.45) is 0 Å². The van der Waals surface area contributed by atoms with Gasteiger partial charge < -0.3 is 4.74 Å². The summed E-state index contributed by atoms with van der Waals surface area (Å²) in [6.45, 7) is 0.185. The highest BCUT2D eigenvalue weighted by molar-refractivity contribution is 9.39. The van der Waals surface area contributed by atoms with E-state index in [-0.39, 0.29) is 12.6 Å². The molecule has 1 aromatic rings. The van der Waals surface area contributed by atoms with Crippen molar-refractivity contribution in [3.63, 3.8) is 0 Å². The lowest BCUT2D eigenvalue weighted by atomic mass is 10.2. The van der Waals surface area contributed by atoms with Gasteiger partial charge in [0.25, 0.3) is 0 Å². The third-order valence-corrected chi connectivity index (χ3v) is 2.28. The van der Waals surface area contributed by atoms with Crippen LogP contribution in [0.15, 0.2) is 36.4 Å². The van der Waals surface area contributed by atoms with Crippen molar-refractivity contribution in [2.75, 3.05) is 6.61 Å². The second-order valence-corrected chi connectivity index (χ2v) is 10.2. The summed E-state index contributed by atoms with van der Waals surface area (Å²) in [7, 11) is 0. The zero-order chi connectivity index (χ0) is 12.0. The van der Waals surface area contributed by atoms with Crippen molar-refractivity contribution in [2.45, 2.75) is 2.14 Å². The highest BCUT2D eigenvalue weighted by Crippen LogP contribution is 2.33. The quantitative estimate of drug-likeness (QED) is 0.425. The molecule has 0 bridgehead atoms. The summed E-state index contributed by atoms with van der Waals surface area (Å²) >= 11 is 9.71. The van der Waals surface area contributed by atoms with E-state index in [0.717, 1.165) is 5.56 Å². The molecule has 0 aliphatic carbocycles. The number of ether oxygens (including phenoxy) is 1. The Morgan fingerprint density at radius 3 is 2.44 bits per heavy atom. The second-order valence-electron chi connectivity index (χ2n) is 2.97. The third-order valence-electron chi connectivity index (χ3n) is 1.59. The highest BCUT2D eigenvalue weighted by atomic mass is 80.0. The molecule has 0 spiro atoms. The van der Waals surface area contributed by atoms with Gasteiger partial charge in [0.15, 0.2) is 2.14 Å². The van der Waals surface area contributed by atoms with Gasteiger partial charge in [0.2, 0.25) is 0 Å². The maximum Gasteiger partial charge on any atom is 0.330 e. The summed E-state index contributed by atoms with van der Waals surface area (Å²) < 4.78 is 4.41. The lowest BCUT2D eigenvalue weighted by Gasteiger charge is -2.10. The van der Waals surface area contributed by atoms with E-state index < -0.39 is 2.14 Å². The summed E-state index contributed by atoms with van der Waals surface area (Å²) in [5.41, 5.74) is 0.960. The monoisotopic (exact) mass is 410 g/mol.